The van der Waals surface area contributed by atoms with E-state index in [-0.39, 0.29) is 41.7 Å². The van der Waals surface area contributed by atoms with Crippen molar-refractivity contribution < 1.29 is 14.0 Å². The fourth-order valence-corrected chi connectivity index (χ4v) is 3.62. The first kappa shape index (κ1) is 20.6. The summed E-state index contributed by atoms with van der Waals surface area (Å²) in [7, 11) is 0. The van der Waals surface area contributed by atoms with Crippen LogP contribution in [-0.4, -0.2) is 24.9 Å². The summed E-state index contributed by atoms with van der Waals surface area (Å²) in [6, 6.07) is 4.31. The monoisotopic (exact) mass is 383 g/mol. The molecule has 3 rings (SSSR count). The smallest absolute Gasteiger partial charge is 0.228 e. The second-order valence-electron chi connectivity index (χ2n) is 7.05. The van der Waals surface area contributed by atoms with Crippen LogP contribution in [0.5, 0.6) is 0 Å². The van der Waals surface area contributed by atoms with Gasteiger partial charge in [0.15, 0.2) is 0 Å². The number of hydrogen-bond acceptors (Lipinski definition) is 3. The van der Waals surface area contributed by atoms with Crippen molar-refractivity contribution in [1.29, 1.82) is 0 Å². The third kappa shape index (κ3) is 5.42. The molecule has 0 aromatic heterocycles. The van der Waals surface area contributed by atoms with E-state index < -0.39 is 5.82 Å². The number of benzene rings is 1. The summed E-state index contributed by atoms with van der Waals surface area (Å²) in [4.78, 5) is 24.6. The van der Waals surface area contributed by atoms with Gasteiger partial charge in [0, 0.05) is 18.2 Å². The van der Waals surface area contributed by atoms with Gasteiger partial charge in [0.05, 0.1) is 11.6 Å². The lowest BCUT2D eigenvalue weighted by atomic mass is 9.88. The molecule has 1 aliphatic carbocycles. The Hall–Kier alpha value is -1.66. The lowest BCUT2D eigenvalue weighted by Crippen LogP contribution is -2.37. The molecule has 26 heavy (non-hydrogen) atoms. The maximum atomic E-state index is 14.1. The molecule has 7 heteroatoms. The second-order valence-corrected chi connectivity index (χ2v) is 7.05. The van der Waals surface area contributed by atoms with Crippen molar-refractivity contribution in [3.63, 3.8) is 0 Å². The molecular weight excluding hydrogens is 357 g/mol. The number of halogens is 2. The van der Waals surface area contributed by atoms with Crippen molar-refractivity contribution in [2.45, 2.75) is 44.9 Å². The first-order valence-corrected chi connectivity index (χ1v) is 9.25. The number of nitrogens with one attached hydrogen (secondary N) is 3. The van der Waals surface area contributed by atoms with Crippen LogP contribution in [0, 0.1) is 17.7 Å². The molecule has 1 aromatic rings. The maximum Gasteiger partial charge on any atom is 0.228 e. The fraction of sp³-hybridized carbons (Fsp3) is 0.579. The number of amides is 2. The second kappa shape index (κ2) is 9.88. The minimum Gasteiger partial charge on any atom is -0.326 e. The number of piperidine rings is 1. The first-order chi connectivity index (χ1) is 12.1. The zero-order chi connectivity index (χ0) is 17.6. The summed E-state index contributed by atoms with van der Waals surface area (Å²) in [5.41, 5.74) is 0.645. The molecule has 1 heterocycles. The number of anilines is 2. The molecule has 1 unspecified atom stereocenters. The third-order valence-electron chi connectivity index (χ3n) is 5.14. The molecule has 5 nitrogen and oxygen atoms in total. The highest BCUT2D eigenvalue weighted by molar-refractivity contribution is 5.96. The highest BCUT2D eigenvalue weighted by Gasteiger charge is 2.23. The van der Waals surface area contributed by atoms with Crippen LogP contribution >= 0.6 is 12.4 Å². The van der Waals surface area contributed by atoms with Crippen LogP contribution in [0.15, 0.2) is 18.2 Å². The molecule has 1 saturated carbocycles. The number of carbonyl (C=O) groups is 2. The Labute approximate surface area is 159 Å². The molecule has 3 N–H and O–H groups in total. The van der Waals surface area contributed by atoms with E-state index in [4.69, 9.17) is 0 Å². The highest BCUT2D eigenvalue weighted by atomic mass is 35.5. The number of carbonyl (C=O) groups excluding carboxylic acids is 2. The first-order valence-electron chi connectivity index (χ1n) is 9.25. The third-order valence-corrected chi connectivity index (χ3v) is 5.14. The van der Waals surface area contributed by atoms with Crippen molar-refractivity contribution in [3.8, 4) is 0 Å². The van der Waals surface area contributed by atoms with Gasteiger partial charge in [0.25, 0.3) is 0 Å². The summed E-state index contributed by atoms with van der Waals surface area (Å²) in [5, 5.41) is 8.74. The molecule has 0 radical (unpaired) electrons. The summed E-state index contributed by atoms with van der Waals surface area (Å²) in [5.74, 6) is -0.790. The molecule has 2 aliphatic rings. The largest absolute Gasteiger partial charge is 0.326 e. The van der Waals surface area contributed by atoms with E-state index in [0.717, 1.165) is 51.5 Å². The fourth-order valence-electron chi connectivity index (χ4n) is 3.62. The molecule has 2 amide bonds. The van der Waals surface area contributed by atoms with E-state index in [1.54, 1.807) is 0 Å². The Kier molecular flexibility index (Phi) is 7.85. The van der Waals surface area contributed by atoms with Gasteiger partial charge < -0.3 is 16.0 Å². The van der Waals surface area contributed by atoms with E-state index >= 15 is 0 Å². The summed E-state index contributed by atoms with van der Waals surface area (Å²) < 4.78 is 14.1. The lowest BCUT2D eigenvalue weighted by Gasteiger charge is -2.22. The van der Waals surface area contributed by atoms with E-state index in [1.807, 2.05) is 0 Å². The van der Waals surface area contributed by atoms with E-state index in [9.17, 15) is 14.0 Å². The predicted molar refractivity (Wildman–Crippen MR) is 103 cm³/mol. The van der Waals surface area contributed by atoms with Crippen molar-refractivity contribution in [2.24, 2.45) is 11.8 Å². The van der Waals surface area contributed by atoms with E-state index in [1.165, 1.54) is 18.2 Å². The van der Waals surface area contributed by atoms with Gasteiger partial charge in [-0.05, 0) is 50.4 Å². The molecule has 1 atom stereocenters. The standard InChI is InChI=1S/C19H26FN3O2.ClH/c20-16-9-8-15(22-19(25)14-7-4-10-21-12-14)11-17(16)23-18(24)13-5-2-1-3-6-13;/h8-9,11,13-14,21H,1-7,10,12H2,(H,22,25)(H,23,24);1H. The van der Waals surface area contributed by atoms with E-state index in [0.29, 0.717) is 12.2 Å². The lowest BCUT2D eigenvalue weighted by molar-refractivity contribution is -0.121. The van der Waals surface area contributed by atoms with Gasteiger partial charge in [-0.1, -0.05) is 19.3 Å². The van der Waals surface area contributed by atoms with Crippen molar-refractivity contribution in [3.05, 3.63) is 24.0 Å². The Morgan fingerprint density at radius 1 is 0.962 bits per heavy atom. The molecule has 1 aromatic carbocycles. The van der Waals surface area contributed by atoms with Gasteiger partial charge in [0.2, 0.25) is 11.8 Å². The van der Waals surface area contributed by atoms with Crippen molar-refractivity contribution >= 4 is 35.6 Å². The summed E-state index contributed by atoms with van der Waals surface area (Å²) in [6.45, 7) is 1.61. The van der Waals surface area contributed by atoms with Gasteiger partial charge in [-0.25, -0.2) is 4.39 Å². The maximum absolute atomic E-state index is 14.1. The highest BCUT2D eigenvalue weighted by Crippen LogP contribution is 2.27. The van der Waals surface area contributed by atoms with Gasteiger partial charge >= 0.3 is 0 Å². The Morgan fingerprint density at radius 3 is 2.35 bits per heavy atom. The summed E-state index contributed by atoms with van der Waals surface area (Å²) in [6.07, 6.45) is 6.81. The average Bonchev–Trinajstić information content (AvgIpc) is 2.66. The minimum atomic E-state index is -0.485. The van der Waals surface area contributed by atoms with Gasteiger partial charge in [-0.2, -0.15) is 0 Å². The molecule has 1 aliphatic heterocycles. The Bertz CT molecular complexity index is 629. The van der Waals surface area contributed by atoms with Crippen molar-refractivity contribution in [2.75, 3.05) is 23.7 Å². The van der Waals surface area contributed by atoms with Crippen molar-refractivity contribution in [1.82, 2.24) is 5.32 Å². The van der Waals surface area contributed by atoms with Crippen LogP contribution < -0.4 is 16.0 Å². The molecule has 0 bridgehead atoms. The SMILES string of the molecule is Cl.O=C(Nc1ccc(F)c(NC(=O)C2CCCCC2)c1)C1CCCNC1. The van der Waals surface area contributed by atoms with Gasteiger partial charge in [0.1, 0.15) is 5.82 Å². The quantitative estimate of drug-likeness (QED) is 0.742. The van der Waals surface area contributed by atoms with Crippen LogP contribution in [0.2, 0.25) is 0 Å². The van der Waals surface area contributed by atoms with Gasteiger partial charge in [-0.15, -0.1) is 12.4 Å². The normalized spacial score (nSPS) is 20.7. The van der Waals surface area contributed by atoms with Crippen LogP contribution in [0.1, 0.15) is 44.9 Å². The Morgan fingerprint density at radius 2 is 1.65 bits per heavy atom. The molecule has 0 spiro atoms. The number of hydrogen-bond donors (Lipinski definition) is 3. The van der Waals surface area contributed by atoms with Gasteiger partial charge in [-0.3, -0.25) is 9.59 Å². The van der Waals surface area contributed by atoms with Crippen LogP contribution in [-0.2, 0) is 9.59 Å². The van der Waals surface area contributed by atoms with Crippen LogP contribution in [0.3, 0.4) is 0 Å². The molecule has 2 fully saturated rings. The zero-order valence-corrected chi connectivity index (χ0v) is 15.7. The van der Waals surface area contributed by atoms with Crippen LogP contribution in [0.4, 0.5) is 15.8 Å². The number of rotatable bonds is 4. The minimum absolute atomic E-state index is 0. The predicted octanol–water partition coefficient (Wildman–Crippen LogP) is 3.70. The summed E-state index contributed by atoms with van der Waals surface area (Å²) >= 11 is 0. The van der Waals surface area contributed by atoms with Crippen LogP contribution in [0.25, 0.3) is 0 Å². The van der Waals surface area contributed by atoms with E-state index in [2.05, 4.69) is 16.0 Å². The molecule has 144 valence electrons. The average molecular weight is 384 g/mol. The molecule has 1 saturated heterocycles. The topological polar surface area (TPSA) is 70.2 Å². The molecular formula is C19H27ClFN3O2. The zero-order valence-electron chi connectivity index (χ0n) is 14.9. The Balaban J connectivity index is 0.00000243.